The topological polar surface area (TPSA) is 95.9 Å². The third kappa shape index (κ3) is 45.9. The largest absolute Gasteiger partial charge is 0.466 e. The summed E-state index contributed by atoms with van der Waals surface area (Å²) in [6, 6.07) is -0.646. The molecule has 60 heavy (non-hydrogen) atoms. The number of hydrogen-bond acceptors (Lipinski definition) is 5. The molecule has 0 saturated carbocycles. The molecule has 0 heterocycles. The SMILES string of the molecule is CCCCCCCCCCCCCCCCCCC/C=C/C(O)C(CO)NC(=O)CCCCCCC/C=C\CCCCCOC(=O)CCCCCCCCCCCCCC. The standard InChI is InChI=1S/C54H103NO5/c1-3-5-7-9-11-13-15-17-18-19-20-21-22-23-26-30-34-38-42-46-52(57)51(50-56)55-53(58)47-43-39-35-31-27-24-25-29-33-37-41-45-49-60-54(59)48-44-40-36-32-28-16-14-12-10-8-6-4-2/h25,29,42,46,51-52,56-57H,3-24,26-28,30-41,43-45,47-50H2,1-2H3,(H,55,58)/b29-25-,46-42+. The van der Waals surface area contributed by atoms with Crippen molar-refractivity contribution >= 4 is 11.9 Å². The van der Waals surface area contributed by atoms with Gasteiger partial charge in [0.15, 0.2) is 0 Å². The predicted molar refractivity (Wildman–Crippen MR) is 260 cm³/mol. The van der Waals surface area contributed by atoms with Crippen LogP contribution >= 0.6 is 0 Å². The summed E-state index contributed by atoms with van der Waals surface area (Å²) in [4.78, 5) is 24.4. The minimum atomic E-state index is -0.860. The van der Waals surface area contributed by atoms with Crippen molar-refractivity contribution < 1.29 is 24.5 Å². The van der Waals surface area contributed by atoms with Gasteiger partial charge in [-0.15, -0.1) is 0 Å². The number of amides is 1. The predicted octanol–water partition coefficient (Wildman–Crippen LogP) is 15.9. The van der Waals surface area contributed by atoms with E-state index < -0.39 is 12.1 Å². The Morgan fingerprint density at radius 3 is 1.18 bits per heavy atom. The molecule has 0 aliphatic carbocycles. The van der Waals surface area contributed by atoms with Crippen molar-refractivity contribution in [1.82, 2.24) is 5.32 Å². The minimum absolute atomic E-state index is 0.0236. The number of carbonyl (C=O) groups is 2. The summed E-state index contributed by atoms with van der Waals surface area (Å²) in [6.45, 7) is 4.85. The molecular weight excluding hydrogens is 743 g/mol. The lowest BCUT2D eigenvalue weighted by atomic mass is 10.0. The van der Waals surface area contributed by atoms with Gasteiger partial charge in [-0.1, -0.05) is 231 Å². The minimum Gasteiger partial charge on any atom is -0.466 e. The zero-order valence-electron chi connectivity index (χ0n) is 40.2. The van der Waals surface area contributed by atoms with Gasteiger partial charge in [-0.05, 0) is 64.2 Å². The van der Waals surface area contributed by atoms with Gasteiger partial charge in [0.2, 0.25) is 5.91 Å². The lowest BCUT2D eigenvalue weighted by Gasteiger charge is -2.20. The molecule has 0 fully saturated rings. The maximum atomic E-state index is 12.4. The van der Waals surface area contributed by atoms with Crippen molar-refractivity contribution in [2.75, 3.05) is 13.2 Å². The quantitative estimate of drug-likeness (QED) is 0.0322. The number of nitrogens with one attached hydrogen (secondary N) is 1. The van der Waals surface area contributed by atoms with Crippen LogP contribution in [0, 0.1) is 0 Å². The van der Waals surface area contributed by atoms with E-state index in [4.69, 9.17) is 4.74 Å². The molecule has 354 valence electrons. The average Bonchev–Trinajstić information content (AvgIpc) is 3.25. The average molecular weight is 846 g/mol. The van der Waals surface area contributed by atoms with Crippen LogP contribution < -0.4 is 5.32 Å². The van der Waals surface area contributed by atoms with Crippen LogP contribution in [0.25, 0.3) is 0 Å². The summed E-state index contributed by atoms with van der Waals surface area (Å²) in [5.41, 5.74) is 0. The van der Waals surface area contributed by atoms with Crippen molar-refractivity contribution in [1.29, 1.82) is 0 Å². The van der Waals surface area contributed by atoms with Gasteiger partial charge in [0.25, 0.3) is 0 Å². The van der Waals surface area contributed by atoms with Crippen LogP contribution in [-0.2, 0) is 14.3 Å². The van der Waals surface area contributed by atoms with Crippen LogP contribution in [0.5, 0.6) is 0 Å². The first-order valence-corrected chi connectivity index (χ1v) is 26.6. The molecule has 2 atom stereocenters. The second-order valence-electron chi connectivity index (χ2n) is 18.2. The number of unbranched alkanes of at least 4 members (excludes halogenated alkanes) is 36. The van der Waals surface area contributed by atoms with E-state index in [2.05, 4.69) is 31.3 Å². The van der Waals surface area contributed by atoms with E-state index in [1.165, 1.54) is 180 Å². The van der Waals surface area contributed by atoms with Crippen molar-refractivity contribution in [2.24, 2.45) is 0 Å². The van der Waals surface area contributed by atoms with Gasteiger partial charge in [-0.25, -0.2) is 0 Å². The number of aliphatic hydroxyl groups is 2. The molecule has 0 aliphatic heterocycles. The van der Waals surface area contributed by atoms with Gasteiger partial charge in [-0.2, -0.15) is 0 Å². The van der Waals surface area contributed by atoms with E-state index in [1.807, 2.05) is 6.08 Å². The van der Waals surface area contributed by atoms with Gasteiger partial charge in [0.05, 0.1) is 25.4 Å². The van der Waals surface area contributed by atoms with Crippen LogP contribution in [0.3, 0.4) is 0 Å². The molecule has 0 aromatic carbocycles. The summed E-state index contributed by atoms with van der Waals surface area (Å²) in [5, 5.41) is 23.1. The number of rotatable bonds is 49. The van der Waals surface area contributed by atoms with Gasteiger partial charge >= 0.3 is 5.97 Å². The number of esters is 1. The van der Waals surface area contributed by atoms with E-state index >= 15 is 0 Å². The molecule has 0 radical (unpaired) electrons. The van der Waals surface area contributed by atoms with Crippen LogP contribution in [0.1, 0.15) is 284 Å². The Bertz CT molecular complexity index is 935. The van der Waals surface area contributed by atoms with Crippen molar-refractivity contribution in [2.45, 2.75) is 296 Å². The van der Waals surface area contributed by atoms with Gasteiger partial charge in [0, 0.05) is 12.8 Å². The van der Waals surface area contributed by atoms with Gasteiger partial charge in [0.1, 0.15) is 0 Å². The van der Waals surface area contributed by atoms with Crippen LogP contribution in [-0.4, -0.2) is 47.4 Å². The molecule has 0 aromatic heterocycles. The van der Waals surface area contributed by atoms with Crippen molar-refractivity contribution in [3.63, 3.8) is 0 Å². The van der Waals surface area contributed by atoms with Crippen molar-refractivity contribution in [3.05, 3.63) is 24.3 Å². The summed E-state index contributed by atoms with van der Waals surface area (Å²) < 4.78 is 5.43. The second-order valence-corrected chi connectivity index (χ2v) is 18.2. The maximum absolute atomic E-state index is 12.4. The molecule has 0 spiro atoms. The lowest BCUT2D eigenvalue weighted by Crippen LogP contribution is -2.45. The maximum Gasteiger partial charge on any atom is 0.305 e. The molecule has 0 aliphatic rings. The Morgan fingerprint density at radius 2 is 0.783 bits per heavy atom. The molecular formula is C54H103NO5. The fraction of sp³-hybridized carbons (Fsp3) is 0.889. The zero-order valence-corrected chi connectivity index (χ0v) is 40.2. The highest BCUT2D eigenvalue weighted by Gasteiger charge is 2.18. The Kier molecular flexibility index (Phi) is 48.6. The zero-order chi connectivity index (χ0) is 43.7. The smallest absolute Gasteiger partial charge is 0.305 e. The summed E-state index contributed by atoms with van der Waals surface area (Å²) in [6.07, 6.45) is 59.0. The highest BCUT2D eigenvalue weighted by Crippen LogP contribution is 2.16. The van der Waals surface area contributed by atoms with Crippen LogP contribution in [0.4, 0.5) is 0 Å². The van der Waals surface area contributed by atoms with E-state index in [9.17, 15) is 19.8 Å². The number of allylic oxidation sites excluding steroid dienone is 3. The first-order valence-electron chi connectivity index (χ1n) is 26.6. The molecule has 3 N–H and O–H groups in total. The first kappa shape index (κ1) is 58.3. The van der Waals surface area contributed by atoms with E-state index in [0.717, 1.165) is 77.0 Å². The third-order valence-electron chi connectivity index (χ3n) is 12.2. The Balaban J connectivity index is 3.55. The van der Waals surface area contributed by atoms with Crippen LogP contribution in [0.2, 0.25) is 0 Å². The highest BCUT2D eigenvalue weighted by molar-refractivity contribution is 5.76. The Morgan fingerprint density at radius 1 is 0.450 bits per heavy atom. The summed E-state index contributed by atoms with van der Waals surface area (Å²) in [7, 11) is 0. The molecule has 6 heteroatoms. The van der Waals surface area contributed by atoms with E-state index in [0.29, 0.717) is 19.4 Å². The van der Waals surface area contributed by atoms with Gasteiger partial charge < -0.3 is 20.3 Å². The molecule has 0 rings (SSSR count). The Labute approximate surface area is 373 Å². The fourth-order valence-electron chi connectivity index (χ4n) is 8.10. The monoisotopic (exact) mass is 846 g/mol. The number of carbonyl (C=O) groups excluding carboxylic acids is 2. The van der Waals surface area contributed by atoms with Crippen molar-refractivity contribution in [3.8, 4) is 0 Å². The molecule has 0 aromatic rings. The highest BCUT2D eigenvalue weighted by atomic mass is 16.5. The number of ether oxygens (including phenoxy) is 1. The lowest BCUT2D eigenvalue weighted by molar-refractivity contribution is -0.143. The van der Waals surface area contributed by atoms with E-state index in [-0.39, 0.29) is 18.5 Å². The number of aliphatic hydroxyl groups excluding tert-OH is 2. The molecule has 1 amide bonds. The molecule has 2 unspecified atom stereocenters. The third-order valence-corrected chi connectivity index (χ3v) is 12.2. The molecule has 0 saturated heterocycles. The van der Waals surface area contributed by atoms with E-state index in [1.54, 1.807) is 6.08 Å². The Hall–Kier alpha value is -1.66. The summed E-state index contributed by atoms with van der Waals surface area (Å²) in [5.74, 6) is -0.116. The normalized spacial score (nSPS) is 12.8. The first-order chi connectivity index (χ1) is 29.5. The molecule has 0 bridgehead atoms. The molecule has 6 nitrogen and oxygen atoms in total. The fourth-order valence-corrected chi connectivity index (χ4v) is 8.10. The summed E-state index contributed by atoms with van der Waals surface area (Å²) >= 11 is 0. The van der Waals surface area contributed by atoms with Gasteiger partial charge in [-0.3, -0.25) is 9.59 Å². The number of hydrogen-bond donors (Lipinski definition) is 3. The second kappa shape index (κ2) is 50.0. The van der Waals surface area contributed by atoms with Crippen LogP contribution in [0.15, 0.2) is 24.3 Å².